The third kappa shape index (κ3) is 23.4. The Morgan fingerprint density at radius 3 is 1.49 bits per heavy atom. The first-order chi connectivity index (χ1) is 24.9. The van der Waals surface area contributed by atoms with Crippen LogP contribution >= 0.6 is 0 Å². The number of hydrogen-bond donors (Lipinski definition) is 1. The molecule has 0 aliphatic rings. The second kappa shape index (κ2) is 29.7. The van der Waals surface area contributed by atoms with Crippen molar-refractivity contribution >= 4 is 17.3 Å². The van der Waals surface area contributed by atoms with Crippen LogP contribution in [0, 0.1) is 0 Å². The summed E-state index contributed by atoms with van der Waals surface area (Å²) < 4.78 is 88.2. The molecule has 2 rings (SSSR count). The second-order valence-electron chi connectivity index (χ2n) is 11.2. The molecule has 0 aliphatic heterocycles. The lowest BCUT2D eigenvalue weighted by Gasteiger charge is -2.13. The predicted molar refractivity (Wildman–Crippen MR) is 187 cm³/mol. The van der Waals surface area contributed by atoms with Crippen molar-refractivity contribution < 1.29 is 60.6 Å². The van der Waals surface area contributed by atoms with Gasteiger partial charge in [-0.25, -0.2) is 4.79 Å². The van der Waals surface area contributed by atoms with Crippen LogP contribution in [0.1, 0.15) is 54.9 Å². The quantitative estimate of drug-likeness (QED) is 0.0625. The van der Waals surface area contributed by atoms with E-state index in [1.165, 1.54) is 43.9 Å². The van der Waals surface area contributed by atoms with Crippen molar-refractivity contribution in [2.24, 2.45) is 0 Å². The van der Waals surface area contributed by atoms with Gasteiger partial charge in [0.15, 0.2) is 0 Å². The molecule has 51 heavy (non-hydrogen) atoms. The molecule has 0 heterocycles. The summed E-state index contributed by atoms with van der Waals surface area (Å²) in [5.41, 5.74) is -0.0753. The topological polar surface area (TPSA) is 112 Å². The molecular formula is C37H56F3NO10. The van der Waals surface area contributed by atoms with Crippen LogP contribution in [0.3, 0.4) is 0 Å². The molecular weight excluding hydrogens is 675 g/mol. The summed E-state index contributed by atoms with van der Waals surface area (Å²) in [5, 5.41) is 2.86. The van der Waals surface area contributed by atoms with Gasteiger partial charge in [0, 0.05) is 12.3 Å². The van der Waals surface area contributed by atoms with Crippen LogP contribution in [0.2, 0.25) is 0 Å². The van der Waals surface area contributed by atoms with E-state index in [0.717, 1.165) is 25.2 Å². The summed E-state index contributed by atoms with van der Waals surface area (Å²) in [7, 11) is 0. The van der Waals surface area contributed by atoms with Crippen molar-refractivity contribution in [1.29, 1.82) is 0 Å². The Morgan fingerprint density at radius 1 is 0.549 bits per heavy atom. The Hall–Kier alpha value is -2.82. The van der Waals surface area contributed by atoms with E-state index in [2.05, 4.69) is 12.2 Å². The van der Waals surface area contributed by atoms with Crippen molar-refractivity contribution in [3.05, 3.63) is 59.7 Å². The largest absolute Gasteiger partial charge is 0.460 e. The van der Waals surface area contributed by atoms with E-state index in [4.69, 9.17) is 42.6 Å². The predicted octanol–water partition coefficient (Wildman–Crippen LogP) is 6.71. The molecule has 0 unspecified atom stereocenters. The number of anilines is 2. The van der Waals surface area contributed by atoms with Crippen LogP contribution in [0.25, 0.3) is 0 Å². The molecule has 0 atom stereocenters. The van der Waals surface area contributed by atoms with Gasteiger partial charge >= 0.3 is 12.1 Å². The van der Waals surface area contributed by atoms with Crippen molar-refractivity contribution in [3.8, 4) is 0 Å². The molecule has 0 bridgehead atoms. The number of para-hydroxylation sites is 1. The summed E-state index contributed by atoms with van der Waals surface area (Å²) in [5.74, 6) is -0.624. The molecule has 0 aromatic heterocycles. The Bertz CT molecular complexity index is 1140. The minimum absolute atomic E-state index is 0.00403. The lowest BCUT2D eigenvalue weighted by atomic mass is 10.1. The number of carbonyl (C=O) groups is 1. The van der Waals surface area contributed by atoms with Gasteiger partial charge < -0.3 is 47.9 Å². The van der Waals surface area contributed by atoms with E-state index in [1.807, 2.05) is 0 Å². The SMILES string of the molecule is CCCCCCCOCCOCCOCCOCCOCCOCCOCCOCCOC(=O)c1ccccc1Nc1cccc(C(F)(F)F)c1. The van der Waals surface area contributed by atoms with Gasteiger partial charge in [-0.15, -0.1) is 0 Å². The molecule has 0 saturated carbocycles. The molecule has 0 aliphatic carbocycles. The maximum atomic E-state index is 13.0. The van der Waals surface area contributed by atoms with Crippen molar-refractivity contribution in [2.45, 2.75) is 45.2 Å². The summed E-state index contributed by atoms with van der Waals surface area (Å²) in [6, 6.07) is 11.2. The van der Waals surface area contributed by atoms with Crippen LogP contribution in [0.5, 0.6) is 0 Å². The molecule has 1 N–H and O–H groups in total. The lowest BCUT2D eigenvalue weighted by molar-refractivity contribution is -0.137. The smallest absolute Gasteiger partial charge is 0.416 e. The second-order valence-corrected chi connectivity index (χ2v) is 11.2. The fourth-order valence-corrected chi connectivity index (χ4v) is 4.42. The van der Waals surface area contributed by atoms with Crippen molar-refractivity contribution in [3.63, 3.8) is 0 Å². The molecule has 2 aromatic carbocycles. The summed E-state index contributed by atoms with van der Waals surface area (Å²) >= 11 is 0. The zero-order chi connectivity index (χ0) is 36.7. The molecule has 0 radical (unpaired) electrons. The number of alkyl halides is 3. The van der Waals surface area contributed by atoms with Gasteiger partial charge in [0.05, 0.1) is 116 Å². The Labute approximate surface area is 300 Å². The minimum atomic E-state index is -4.47. The number of rotatable bonds is 33. The highest BCUT2D eigenvalue weighted by atomic mass is 19.4. The average Bonchev–Trinajstić information content (AvgIpc) is 3.12. The van der Waals surface area contributed by atoms with Gasteiger partial charge in [-0.1, -0.05) is 50.8 Å². The van der Waals surface area contributed by atoms with Gasteiger partial charge in [0.25, 0.3) is 0 Å². The minimum Gasteiger partial charge on any atom is -0.460 e. The van der Waals surface area contributed by atoms with E-state index >= 15 is 0 Å². The highest BCUT2D eigenvalue weighted by Crippen LogP contribution is 2.32. The lowest BCUT2D eigenvalue weighted by Crippen LogP contribution is -2.16. The van der Waals surface area contributed by atoms with Crippen molar-refractivity contribution in [1.82, 2.24) is 0 Å². The summed E-state index contributed by atoms with van der Waals surface area (Å²) in [6.45, 7) is 9.76. The number of halogens is 3. The third-order valence-corrected chi connectivity index (χ3v) is 7.07. The first kappa shape index (κ1) is 44.3. The third-order valence-electron chi connectivity index (χ3n) is 7.07. The van der Waals surface area contributed by atoms with E-state index in [0.29, 0.717) is 98.2 Å². The fraction of sp³-hybridized carbons (Fsp3) is 0.649. The highest BCUT2D eigenvalue weighted by molar-refractivity contribution is 5.96. The first-order valence-electron chi connectivity index (χ1n) is 17.7. The van der Waals surface area contributed by atoms with E-state index in [1.54, 1.807) is 18.2 Å². The standard InChI is InChI=1S/C37H56F3NO10/c1-2-3-4-5-8-14-43-15-16-44-17-18-45-19-20-46-21-22-47-23-24-48-25-26-49-27-28-50-29-30-51-36(42)34-12-6-7-13-35(34)41-33-11-9-10-32(31-33)37(38,39)40/h6-7,9-13,31,41H,2-5,8,14-30H2,1H3. The maximum absolute atomic E-state index is 13.0. The van der Waals surface area contributed by atoms with Crippen LogP contribution in [-0.4, -0.2) is 118 Å². The van der Waals surface area contributed by atoms with Gasteiger partial charge in [-0.2, -0.15) is 13.2 Å². The van der Waals surface area contributed by atoms with Crippen molar-refractivity contribution in [2.75, 3.05) is 118 Å². The molecule has 11 nitrogen and oxygen atoms in total. The van der Waals surface area contributed by atoms with E-state index in [-0.39, 0.29) is 24.5 Å². The van der Waals surface area contributed by atoms with Gasteiger partial charge in [-0.05, 0) is 36.8 Å². The highest BCUT2D eigenvalue weighted by Gasteiger charge is 2.30. The molecule has 0 spiro atoms. The van der Waals surface area contributed by atoms with E-state index in [9.17, 15) is 18.0 Å². The zero-order valence-electron chi connectivity index (χ0n) is 29.9. The zero-order valence-corrected chi connectivity index (χ0v) is 29.9. The summed E-state index contributed by atoms with van der Waals surface area (Å²) in [6.07, 6.45) is 1.72. The van der Waals surface area contributed by atoms with Crippen LogP contribution in [0.15, 0.2) is 48.5 Å². The Morgan fingerprint density at radius 2 is 1.00 bits per heavy atom. The first-order valence-corrected chi connectivity index (χ1v) is 17.7. The number of benzene rings is 2. The fourth-order valence-electron chi connectivity index (χ4n) is 4.42. The average molecular weight is 732 g/mol. The van der Waals surface area contributed by atoms with Crippen LogP contribution in [0.4, 0.5) is 24.5 Å². The van der Waals surface area contributed by atoms with E-state index < -0.39 is 17.7 Å². The molecule has 0 fully saturated rings. The normalized spacial score (nSPS) is 11.6. The van der Waals surface area contributed by atoms with Crippen LogP contribution in [-0.2, 0) is 48.8 Å². The Balaban J connectivity index is 1.32. The number of hydrogen-bond acceptors (Lipinski definition) is 11. The number of unbranched alkanes of at least 4 members (excludes halogenated alkanes) is 4. The molecule has 0 amide bonds. The Kier molecular flexibility index (Phi) is 25.8. The van der Waals surface area contributed by atoms with Crippen LogP contribution < -0.4 is 5.32 Å². The number of nitrogens with one attached hydrogen (secondary N) is 1. The maximum Gasteiger partial charge on any atom is 0.416 e. The molecule has 0 saturated heterocycles. The van der Waals surface area contributed by atoms with Gasteiger partial charge in [-0.3, -0.25) is 0 Å². The number of ether oxygens (including phenoxy) is 9. The number of esters is 1. The molecule has 2 aromatic rings. The molecule has 14 heteroatoms. The molecule has 290 valence electrons. The monoisotopic (exact) mass is 731 g/mol. The van der Waals surface area contributed by atoms with Gasteiger partial charge in [0.1, 0.15) is 6.61 Å². The summed E-state index contributed by atoms with van der Waals surface area (Å²) in [4.78, 5) is 12.6. The van der Waals surface area contributed by atoms with Gasteiger partial charge in [0.2, 0.25) is 0 Å². The number of carbonyl (C=O) groups excluding carboxylic acids is 1.